The van der Waals surface area contributed by atoms with E-state index in [9.17, 15) is 13.6 Å². The largest absolute Gasteiger partial charge is 0.277 e. The van der Waals surface area contributed by atoms with E-state index in [1.54, 1.807) is 25.3 Å². The Labute approximate surface area is 167 Å². The van der Waals surface area contributed by atoms with Gasteiger partial charge in [-0.1, -0.05) is 17.4 Å². The Hall–Kier alpha value is -2.78. The van der Waals surface area contributed by atoms with Crippen molar-refractivity contribution in [2.24, 2.45) is 0 Å². The SMILES string of the molecule is Cc1nc(C)c(C(=O)N(Cc2ccccn2)c2nc3c(F)cc(F)cc3s2)s1. The zero-order valence-electron chi connectivity index (χ0n) is 14.9. The number of benzene rings is 1. The van der Waals surface area contributed by atoms with E-state index in [1.165, 1.54) is 22.3 Å². The van der Waals surface area contributed by atoms with Crippen molar-refractivity contribution in [3.05, 3.63) is 69.4 Å². The third-order valence-corrected chi connectivity index (χ3v) is 6.11. The molecule has 142 valence electrons. The molecule has 1 aromatic carbocycles. The number of hydrogen-bond donors (Lipinski definition) is 0. The molecule has 0 spiro atoms. The first-order chi connectivity index (χ1) is 13.4. The Bertz CT molecular complexity index is 1170. The number of thiazole rings is 2. The zero-order valence-corrected chi connectivity index (χ0v) is 16.6. The minimum Gasteiger partial charge on any atom is -0.277 e. The Morgan fingerprint density at radius 3 is 2.64 bits per heavy atom. The van der Waals surface area contributed by atoms with E-state index in [4.69, 9.17) is 0 Å². The summed E-state index contributed by atoms with van der Waals surface area (Å²) in [6, 6.07) is 7.39. The molecule has 4 aromatic rings. The van der Waals surface area contributed by atoms with Gasteiger partial charge in [-0.2, -0.15) is 0 Å². The first kappa shape index (κ1) is 18.6. The van der Waals surface area contributed by atoms with Gasteiger partial charge in [-0.05, 0) is 32.0 Å². The van der Waals surface area contributed by atoms with Gasteiger partial charge in [0, 0.05) is 12.3 Å². The van der Waals surface area contributed by atoms with Gasteiger partial charge in [0.2, 0.25) is 0 Å². The van der Waals surface area contributed by atoms with Gasteiger partial charge in [-0.25, -0.2) is 18.7 Å². The van der Waals surface area contributed by atoms with Crippen molar-refractivity contribution in [2.45, 2.75) is 20.4 Å². The highest BCUT2D eigenvalue weighted by molar-refractivity contribution is 7.22. The number of fused-ring (bicyclic) bond motifs is 1. The Balaban J connectivity index is 1.82. The molecule has 0 saturated heterocycles. The topological polar surface area (TPSA) is 59.0 Å². The van der Waals surface area contributed by atoms with E-state index in [0.717, 1.165) is 22.4 Å². The molecule has 1 amide bonds. The number of pyridine rings is 1. The van der Waals surface area contributed by atoms with Crippen molar-refractivity contribution in [2.75, 3.05) is 4.90 Å². The summed E-state index contributed by atoms with van der Waals surface area (Å²) in [7, 11) is 0. The number of carbonyl (C=O) groups is 1. The van der Waals surface area contributed by atoms with Crippen LogP contribution in [0.25, 0.3) is 10.2 Å². The van der Waals surface area contributed by atoms with E-state index in [2.05, 4.69) is 15.0 Å². The van der Waals surface area contributed by atoms with Gasteiger partial charge in [0.15, 0.2) is 10.9 Å². The smallest absolute Gasteiger partial charge is 0.272 e. The molecule has 0 N–H and O–H groups in total. The first-order valence-electron chi connectivity index (χ1n) is 8.34. The highest BCUT2D eigenvalue weighted by atomic mass is 32.1. The lowest BCUT2D eigenvalue weighted by atomic mass is 10.3. The minimum absolute atomic E-state index is 0.0393. The molecular weight excluding hydrogens is 402 g/mol. The van der Waals surface area contributed by atoms with Gasteiger partial charge in [0.05, 0.1) is 27.6 Å². The molecule has 0 saturated carbocycles. The predicted octanol–water partition coefficient (Wildman–Crippen LogP) is 4.89. The number of halogens is 2. The van der Waals surface area contributed by atoms with Crippen LogP contribution in [-0.2, 0) is 6.54 Å². The highest BCUT2D eigenvalue weighted by Gasteiger charge is 2.26. The maximum atomic E-state index is 14.1. The second-order valence-corrected chi connectivity index (χ2v) is 8.30. The summed E-state index contributed by atoms with van der Waals surface area (Å²) in [5.74, 6) is -1.74. The maximum Gasteiger partial charge on any atom is 0.272 e. The van der Waals surface area contributed by atoms with Crippen LogP contribution < -0.4 is 4.90 Å². The summed E-state index contributed by atoms with van der Waals surface area (Å²) >= 11 is 2.35. The molecular formula is C19H14F2N4OS2. The number of carbonyl (C=O) groups excluding carboxylic acids is 1. The van der Waals surface area contributed by atoms with E-state index in [-0.39, 0.29) is 23.1 Å². The van der Waals surface area contributed by atoms with Gasteiger partial charge in [0.25, 0.3) is 5.91 Å². The number of anilines is 1. The summed E-state index contributed by atoms with van der Waals surface area (Å²) in [4.78, 5) is 28.1. The molecule has 3 aromatic heterocycles. The number of aryl methyl sites for hydroxylation is 2. The molecule has 0 aliphatic rings. The summed E-state index contributed by atoms with van der Waals surface area (Å²) in [6.45, 7) is 3.75. The zero-order chi connectivity index (χ0) is 19.8. The molecule has 5 nitrogen and oxygen atoms in total. The average molecular weight is 416 g/mol. The van der Waals surface area contributed by atoms with Crippen molar-refractivity contribution >= 4 is 43.9 Å². The van der Waals surface area contributed by atoms with Crippen LogP contribution in [0.5, 0.6) is 0 Å². The lowest BCUT2D eigenvalue weighted by Gasteiger charge is -2.19. The average Bonchev–Trinajstić information content (AvgIpc) is 3.22. The summed E-state index contributed by atoms with van der Waals surface area (Å²) in [6.07, 6.45) is 1.63. The molecule has 0 bridgehead atoms. The Morgan fingerprint density at radius 1 is 1.14 bits per heavy atom. The van der Waals surface area contributed by atoms with Gasteiger partial charge in [-0.3, -0.25) is 14.7 Å². The van der Waals surface area contributed by atoms with Gasteiger partial charge < -0.3 is 0 Å². The molecule has 3 heterocycles. The molecule has 4 rings (SSSR count). The van der Waals surface area contributed by atoms with Gasteiger partial charge in [-0.15, -0.1) is 11.3 Å². The summed E-state index contributed by atoms with van der Waals surface area (Å²) in [5, 5.41) is 1.05. The fourth-order valence-electron chi connectivity index (χ4n) is 2.79. The fraction of sp³-hybridized carbons (Fsp3) is 0.158. The molecule has 0 aliphatic heterocycles. The monoisotopic (exact) mass is 416 g/mol. The molecule has 0 aliphatic carbocycles. The quantitative estimate of drug-likeness (QED) is 0.475. The van der Waals surface area contributed by atoms with E-state index in [0.29, 0.717) is 21.0 Å². The van der Waals surface area contributed by atoms with Gasteiger partial charge in [0.1, 0.15) is 16.2 Å². The van der Waals surface area contributed by atoms with Crippen LogP contribution in [-0.4, -0.2) is 20.9 Å². The molecule has 9 heteroatoms. The minimum atomic E-state index is -0.757. The second kappa shape index (κ2) is 7.33. The van der Waals surface area contributed by atoms with Crippen molar-refractivity contribution in [1.82, 2.24) is 15.0 Å². The third-order valence-electron chi connectivity index (χ3n) is 4.02. The fourth-order valence-corrected chi connectivity index (χ4v) is 4.66. The Morgan fingerprint density at radius 2 is 1.96 bits per heavy atom. The van der Waals surface area contributed by atoms with E-state index < -0.39 is 11.6 Å². The lowest BCUT2D eigenvalue weighted by Crippen LogP contribution is -2.30. The van der Waals surface area contributed by atoms with Crippen LogP contribution in [0.3, 0.4) is 0 Å². The maximum absolute atomic E-state index is 14.1. The van der Waals surface area contributed by atoms with Crippen molar-refractivity contribution in [3.63, 3.8) is 0 Å². The summed E-state index contributed by atoms with van der Waals surface area (Å²) < 4.78 is 28.0. The van der Waals surface area contributed by atoms with Crippen LogP contribution in [0, 0.1) is 25.5 Å². The lowest BCUT2D eigenvalue weighted by molar-refractivity contribution is 0.0988. The number of amides is 1. The predicted molar refractivity (Wildman–Crippen MR) is 106 cm³/mol. The van der Waals surface area contributed by atoms with E-state index >= 15 is 0 Å². The summed E-state index contributed by atoms with van der Waals surface area (Å²) in [5.41, 5.74) is 1.31. The normalized spacial score (nSPS) is 11.1. The third kappa shape index (κ3) is 3.50. The molecule has 0 fully saturated rings. The molecule has 0 atom stereocenters. The first-order valence-corrected chi connectivity index (χ1v) is 9.97. The molecule has 28 heavy (non-hydrogen) atoms. The number of hydrogen-bond acceptors (Lipinski definition) is 6. The van der Waals surface area contributed by atoms with Gasteiger partial charge >= 0.3 is 0 Å². The van der Waals surface area contributed by atoms with Crippen molar-refractivity contribution in [1.29, 1.82) is 0 Å². The van der Waals surface area contributed by atoms with Crippen LogP contribution in [0.15, 0.2) is 36.5 Å². The number of aromatic nitrogens is 3. The second-order valence-electron chi connectivity index (χ2n) is 6.09. The molecule has 0 unspecified atom stereocenters. The number of rotatable bonds is 4. The van der Waals surface area contributed by atoms with Crippen molar-refractivity contribution in [3.8, 4) is 0 Å². The molecule has 0 radical (unpaired) electrons. The standard InChI is InChI=1S/C19H14F2N4OS2/c1-10-17(27-11(2)23-10)18(26)25(9-13-5-3-4-6-22-13)19-24-16-14(21)7-12(20)8-15(16)28-19/h3-8H,9H2,1-2H3. The van der Waals surface area contributed by atoms with Crippen LogP contribution in [0.1, 0.15) is 26.1 Å². The van der Waals surface area contributed by atoms with Crippen molar-refractivity contribution < 1.29 is 13.6 Å². The van der Waals surface area contributed by atoms with Crippen LogP contribution in [0.4, 0.5) is 13.9 Å². The Kier molecular flexibility index (Phi) is 4.86. The van der Waals surface area contributed by atoms with Crippen LogP contribution in [0.2, 0.25) is 0 Å². The van der Waals surface area contributed by atoms with E-state index in [1.807, 2.05) is 13.0 Å². The van der Waals surface area contributed by atoms with Crippen LogP contribution >= 0.6 is 22.7 Å². The number of nitrogens with zero attached hydrogens (tertiary/aromatic N) is 4. The highest BCUT2D eigenvalue weighted by Crippen LogP contribution is 2.33.